The lowest BCUT2D eigenvalue weighted by molar-refractivity contribution is -0.148. The lowest BCUT2D eigenvalue weighted by Gasteiger charge is -2.17. The quantitative estimate of drug-likeness (QED) is 0.465. The van der Waals surface area contributed by atoms with Gasteiger partial charge in [-0.1, -0.05) is 6.08 Å². The van der Waals surface area contributed by atoms with Crippen LogP contribution in [0.3, 0.4) is 0 Å². The Kier molecular flexibility index (Phi) is 5.59. The second kappa shape index (κ2) is 6.22. The van der Waals surface area contributed by atoms with E-state index in [4.69, 9.17) is 4.74 Å². The minimum atomic E-state index is -0.389. The van der Waals surface area contributed by atoms with Crippen molar-refractivity contribution in [3.8, 4) is 0 Å². The van der Waals surface area contributed by atoms with Crippen LogP contribution < -0.4 is 0 Å². The molecular weight excluding hydrogens is 170 g/mol. The van der Waals surface area contributed by atoms with Crippen LogP contribution in [0.2, 0.25) is 0 Å². The third-order valence-electron chi connectivity index (χ3n) is 1.42. The van der Waals surface area contributed by atoms with Gasteiger partial charge < -0.3 is 9.64 Å². The summed E-state index contributed by atoms with van der Waals surface area (Å²) < 4.78 is 4.70. The first-order valence-electron chi connectivity index (χ1n) is 4.13. The molecule has 0 radical (unpaired) electrons. The molecule has 0 N–H and O–H groups in total. The third kappa shape index (κ3) is 5.00. The Hall–Kier alpha value is -1.32. The van der Waals surface area contributed by atoms with Crippen LogP contribution in [0.4, 0.5) is 0 Å². The van der Waals surface area contributed by atoms with Gasteiger partial charge in [0.25, 0.3) is 0 Å². The lowest BCUT2D eigenvalue weighted by atomic mass is 10.4. The van der Waals surface area contributed by atoms with E-state index in [1.807, 2.05) is 0 Å². The van der Waals surface area contributed by atoms with E-state index >= 15 is 0 Å². The molecule has 0 aromatic heterocycles. The van der Waals surface area contributed by atoms with Crippen LogP contribution in [-0.4, -0.2) is 36.5 Å². The van der Waals surface area contributed by atoms with Gasteiger partial charge in [-0.15, -0.1) is 6.58 Å². The van der Waals surface area contributed by atoms with Crippen LogP contribution in [0, 0.1) is 0 Å². The zero-order chi connectivity index (χ0) is 10.3. The van der Waals surface area contributed by atoms with Crippen molar-refractivity contribution in [2.75, 3.05) is 19.7 Å². The number of nitrogens with zero attached hydrogens (tertiary/aromatic N) is 1. The molecule has 74 valence electrons. The highest BCUT2D eigenvalue weighted by Crippen LogP contribution is 1.91. The summed E-state index contributed by atoms with van der Waals surface area (Å²) in [6.07, 6.45) is 1.57. The van der Waals surface area contributed by atoms with Crippen molar-refractivity contribution in [2.24, 2.45) is 0 Å². The fourth-order valence-electron chi connectivity index (χ4n) is 0.823. The van der Waals surface area contributed by atoms with Crippen LogP contribution in [0.1, 0.15) is 13.8 Å². The molecular formula is C9H15NO3. The number of amides is 1. The number of rotatable bonds is 5. The van der Waals surface area contributed by atoms with E-state index < -0.39 is 0 Å². The first kappa shape index (κ1) is 11.7. The van der Waals surface area contributed by atoms with Gasteiger partial charge in [-0.05, 0) is 6.92 Å². The van der Waals surface area contributed by atoms with Crippen molar-refractivity contribution in [1.29, 1.82) is 0 Å². The van der Waals surface area contributed by atoms with E-state index in [0.717, 1.165) is 0 Å². The van der Waals surface area contributed by atoms with E-state index in [0.29, 0.717) is 13.2 Å². The standard InChI is InChI=1S/C9H15NO3/c1-4-6-10(8(3)11)7-9(12)13-5-2/h4H,1,5-7H2,2-3H3. The van der Waals surface area contributed by atoms with E-state index in [9.17, 15) is 9.59 Å². The van der Waals surface area contributed by atoms with Gasteiger partial charge in [-0.2, -0.15) is 0 Å². The van der Waals surface area contributed by atoms with Crippen LogP contribution >= 0.6 is 0 Å². The van der Waals surface area contributed by atoms with Gasteiger partial charge in [0, 0.05) is 13.5 Å². The van der Waals surface area contributed by atoms with Crippen molar-refractivity contribution in [2.45, 2.75) is 13.8 Å². The van der Waals surface area contributed by atoms with Gasteiger partial charge in [-0.25, -0.2) is 0 Å². The molecule has 0 spiro atoms. The summed E-state index contributed by atoms with van der Waals surface area (Å²) in [6.45, 7) is 7.32. The molecule has 0 unspecified atom stereocenters. The SMILES string of the molecule is C=CCN(CC(=O)OCC)C(C)=O. The molecule has 0 saturated carbocycles. The molecule has 0 aromatic carbocycles. The number of hydrogen-bond donors (Lipinski definition) is 0. The van der Waals surface area contributed by atoms with Crippen LogP contribution in [0.25, 0.3) is 0 Å². The second-order valence-electron chi connectivity index (χ2n) is 2.49. The average molecular weight is 185 g/mol. The van der Waals surface area contributed by atoms with Gasteiger partial charge in [0.05, 0.1) is 6.61 Å². The normalized spacial score (nSPS) is 9.08. The van der Waals surface area contributed by atoms with E-state index in [1.54, 1.807) is 13.0 Å². The summed E-state index contributed by atoms with van der Waals surface area (Å²) in [7, 11) is 0. The number of ether oxygens (including phenoxy) is 1. The van der Waals surface area contributed by atoms with Crippen molar-refractivity contribution < 1.29 is 14.3 Å². The number of carbonyl (C=O) groups excluding carboxylic acids is 2. The maximum atomic E-state index is 11.0. The Labute approximate surface area is 78.2 Å². The number of hydrogen-bond acceptors (Lipinski definition) is 3. The topological polar surface area (TPSA) is 46.6 Å². The van der Waals surface area contributed by atoms with Gasteiger partial charge in [0.1, 0.15) is 6.54 Å². The highest BCUT2D eigenvalue weighted by atomic mass is 16.5. The molecule has 0 bridgehead atoms. The highest BCUT2D eigenvalue weighted by Gasteiger charge is 2.11. The first-order chi connectivity index (χ1) is 6.11. The summed E-state index contributed by atoms with van der Waals surface area (Å²) in [6, 6.07) is 0. The Morgan fingerprint density at radius 1 is 1.54 bits per heavy atom. The molecule has 0 aliphatic rings. The molecule has 4 nitrogen and oxygen atoms in total. The van der Waals surface area contributed by atoms with Crippen LogP contribution in [0.5, 0.6) is 0 Å². The first-order valence-corrected chi connectivity index (χ1v) is 4.13. The lowest BCUT2D eigenvalue weighted by Crippen LogP contribution is -2.34. The Bertz CT molecular complexity index is 201. The predicted molar refractivity (Wildman–Crippen MR) is 49.1 cm³/mol. The molecule has 0 heterocycles. The maximum Gasteiger partial charge on any atom is 0.325 e. The third-order valence-corrected chi connectivity index (χ3v) is 1.42. The summed E-state index contributed by atoms with van der Waals surface area (Å²) in [5, 5.41) is 0. The highest BCUT2D eigenvalue weighted by molar-refractivity contribution is 5.80. The van der Waals surface area contributed by atoms with Crippen molar-refractivity contribution in [3.63, 3.8) is 0 Å². The molecule has 0 fully saturated rings. The molecule has 0 saturated heterocycles. The van der Waals surface area contributed by atoms with Crippen molar-refractivity contribution in [3.05, 3.63) is 12.7 Å². The van der Waals surface area contributed by atoms with Gasteiger partial charge in [0.15, 0.2) is 0 Å². The minimum absolute atomic E-state index is 0.00477. The maximum absolute atomic E-state index is 11.0. The van der Waals surface area contributed by atoms with Crippen molar-refractivity contribution >= 4 is 11.9 Å². The summed E-state index contributed by atoms with van der Waals surface area (Å²) in [5.74, 6) is -0.549. The smallest absolute Gasteiger partial charge is 0.325 e. The molecule has 4 heteroatoms. The Balaban J connectivity index is 4.01. The number of esters is 1. The zero-order valence-corrected chi connectivity index (χ0v) is 8.08. The fraction of sp³-hybridized carbons (Fsp3) is 0.556. The largest absolute Gasteiger partial charge is 0.465 e. The summed E-state index contributed by atoms with van der Waals surface area (Å²) in [5.41, 5.74) is 0. The van der Waals surface area contributed by atoms with Gasteiger partial charge in [-0.3, -0.25) is 9.59 Å². The van der Waals surface area contributed by atoms with Crippen LogP contribution in [-0.2, 0) is 14.3 Å². The molecule has 1 amide bonds. The van der Waals surface area contributed by atoms with Gasteiger partial charge >= 0.3 is 5.97 Å². The fourth-order valence-corrected chi connectivity index (χ4v) is 0.823. The van der Waals surface area contributed by atoms with Crippen LogP contribution in [0.15, 0.2) is 12.7 Å². The van der Waals surface area contributed by atoms with E-state index in [2.05, 4.69) is 6.58 Å². The molecule has 13 heavy (non-hydrogen) atoms. The monoisotopic (exact) mass is 185 g/mol. The van der Waals surface area contributed by atoms with E-state index in [1.165, 1.54) is 11.8 Å². The number of carbonyl (C=O) groups is 2. The zero-order valence-electron chi connectivity index (χ0n) is 8.08. The van der Waals surface area contributed by atoms with E-state index in [-0.39, 0.29) is 18.4 Å². The Morgan fingerprint density at radius 3 is 2.54 bits per heavy atom. The predicted octanol–water partition coefficient (Wildman–Crippen LogP) is 0.584. The molecule has 0 rings (SSSR count). The van der Waals surface area contributed by atoms with Crippen molar-refractivity contribution in [1.82, 2.24) is 4.90 Å². The molecule has 0 aliphatic heterocycles. The summed E-state index contributed by atoms with van der Waals surface area (Å²) >= 11 is 0. The average Bonchev–Trinajstić information content (AvgIpc) is 2.04. The van der Waals surface area contributed by atoms with Gasteiger partial charge in [0.2, 0.25) is 5.91 Å². The second-order valence-corrected chi connectivity index (χ2v) is 2.49. The Morgan fingerprint density at radius 2 is 2.15 bits per heavy atom. The molecule has 0 aliphatic carbocycles. The molecule has 0 aromatic rings. The summed E-state index contributed by atoms with van der Waals surface area (Å²) in [4.78, 5) is 23.3. The molecule has 0 atom stereocenters. The minimum Gasteiger partial charge on any atom is -0.465 e.